The van der Waals surface area contributed by atoms with Gasteiger partial charge in [-0.15, -0.1) is 0 Å². The summed E-state index contributed by atoms with van der Waals surface area (Å²) in [5.74, 6) is 0. The van der Waals surface area contributed by atoms with Gasteiger partial charge in [-0.1, -0.05) is 29.8 Å². The number of benzene rings is 2. The molecule has 3 rings (SSSR count). The molecule has 0 amide bonds. The van der Waals surface area contributed by atoms with E-state index < -0.39 is 0 Å². The molecule has 3 aromatic rings. The Morgan fingerprint density at radius 2 is 1.86 bits per heavy atom. The number of hydrogen-bond donors (Lipinski definition) is 1. The second-order valence-electron chi connectivity index (χ2n) is 5.81. The van der Waals surface area contributed by atoms with Crippen LogP contribution in [0.15, 0.2) is 48.7 Å². The molecular weight excluding hydrogens is 256 g/mol. The molecule has 2 aromatic carbocycles. The molecule has 1 heterocycles. The molecule has 21 heavy (non-hydrogen) atoms. The monoisotopic (exact) mass is 278 g/mol. The Balaban J connectivity index is 1.96. The molecule has 0 aliphatic rings. The summed E-state index contributed by atoms with van der Waals surface area (Å²) in [5, 5.41) is 1.30. The summed E-state index contributed by atoms with van der Waals surface area (Å²) in [6.07, 6.45) is 3.12. The van der Waals surface area contributed by atoms with Crippen molar-refractivity contribution >= 4 is 10.9 Å². The molecule has 0 unspecified atom stereocenters. The molecule has 0 fully saturated rings. The van der Waals surface area contributed by atoms with Crippen LogP contribution in [0.25, 0.3) is 10.9 Å². The number of hydrogen-bond acceptors (Lipinski definition) is 1. The molecule has 0 aliphatic carbocycles. The van der Waals surface area contributed by atoms with Crippen LogP contribution in [0.4, 0.5) is 0 Å². The second kappa shape index (κ2) is 5.74. The van der Waals surface area contributed by atoms with Gasteiger partial charge in [-0.25, -0.2) is 0 Å². The maximum Gasteiger partial charge on any atom is 0.0483 e. The van der Waals surface area contributed by atoms with Crippen molar-refractivity contribution < 1.29 is 0 Å². The van der Waals surface area contributed by atoms with Gasteiger partial charge in [0.25, 0.3) is 0 Å². The Bertz CT molecular complexity index is 768. The summed E-state index contributed by atoms with van der Waals surface area (Å²) >= 11 is 0. The Morgan fingerprint density at radius 3 is 2.67 bits per heavy atom. The third-order valence-electron chi connectivity index (χ3n) is 4.11. The summed E-state index contributed by atoms with van der Waals surface area (Å²) in [6, 6.07) is 15.5. The summed E-state index contributed by atoms with van der Waals surface area (Å²) in [5.41, 5.74) is 12.3. The number of fused-ring (bicyclic) bond motifs is 1. The van der Waals surface area contributed by atoms with Crippen molar-refractivity contribution in [1.29, 1.82) is 0 Å². The van der Waals surface area contributed by atoms with Crippen molar-refractivity contribution in [3.05, 3.63) is 70.9 Å². The van der Waals surface area contributed by atoms with Gasteiger partial charge in [-0.3, -0.25) is 0 Å². The average molecular weight is 278 g/mol. The van der Waals surface area contributed by atoms with Crippen molar-refractivity contribution in [2.45, 2.75) is 26.8 Å². The molecule has 2 nitrogen and oxygen atoms in total. The van der Waals surface area contributed by atoms with E-state index in [1.165, 1.54) is 33.2 Å². The zero-order valence-electron chi connectivity index (χ0n) is 12.8. The lowest BCUT2D eigenvalue weighted by atomic mass is 10.1. The van der Waals surface area contributed by atoms with E-state index in [0.717, 1.165) is 13.0 Å². The van der Waals surface area contributed by atoms with E-state index in [4.69, 9.17) is 5.73 Å². The fourth-order valence-electron chi connectivity index (χ4n) is 2.86. The van der Waals surface area contributed by atoms with Crippen molar-refractivity contribution in [1.82, 2.24) is 4.57 Å². The van der Waals surface area contributed by atoms with Crippen molar-refractivity contribution in [3.8, 4) is 0 Å². The molecule has 108 valence electrons. The maximum absolute atomic E-state index is 5.64. The Morgan fingerprint density at radius 1 is 1.00 bits per heavy atom. The maximum atomic E-state index is 5.64. The minimum Gasteiger partial charge on any atom is -0.343 e. The van der Waals surface area contributed by atoms with Crippen LogP contribution in [-0.4, -0.2) is 11.1 Å². The lowest BCUT2D eigenvalue weighted by Crippen LogP contribution is -2.03. The van der Waals surface area contributed by atoms with E-state index in [1.807, 2.05) is 0 Å². The van der Waals surface area contributed by atoms with Gasteiger partial charge in [-0.05, 0) is 67.1 Å². The molecular formula is C19H22N2. The first-order valence-electron chi connectivity index (χ1n) is 7.51. The van der Waals surface area contributed by atoms with Crippen molar-refractivity contribution in [2.24, 2.45) is 5.73 Å². The fourth-order valence-corrected chi connectivity index (χ4v) is 2.86. The first-order valence-corrected chi connectivity index (χ1v) is 7.51. The topological polar surface area (TPSA) is 30.9 Å². The Hall–Kier alpha value is -2.06. The van der Waals surface area contributed by atoms with Crippen LogP contribution >= 0.6 is 0 Å². The number of aromatic nitrogens is 1. The van der Waals surface area contributed by atoms with Gasteiger partial charge in [0.2, 0.25) is 0 Å². The van der Waals surface area contributed by atoms with E-state index in [0.29, 0.717) is 6.54 Å². The average Bonchev–Trinajstić information content (AvgIpc) is 2.86. The lowest BCUT2D eigenvalue weighted by Gasteiger charge is -2.10. The molecule has 0 saturated carbocycles. The minimum absolute atomic E-state index is 0.703. The summed E-state index contributed by atoms with van der Waals surface area (Å²) in [4.78, 5) is 0. The lowest BCUT2D eigenvalue weighted by molar-refractivity contribution is 0.829. The molecule has 0 radical (unpaired) electrons. The van der Waals surface area contributed by atoms with Crippen LogP contribution in [0.3, 0.4) is 0 Å². The number of aryl methyl sites for hydroxylation is 2. The predicted molar refractivity (Wildman–Crippen MR) is 89.7 cm³/mol. The molecule has 0 saturated heterocycles. The van der Waals surface area contributed by atoms with Crippen LogP contribution < -0.4 is 5.73 Å². The first kappa shape index (κ1) is 13.9. The van der Waals surface area contributed by atoms with E-state index in [1.54, 1.807) is 0 Å². The minimum atomic E-state index is 0.703. The van der Waals surface area contributed by atoms with Gasteiger partial charge in [0.1, 0.15) is 0 Å². The van der Waals surface area contributed by atoms with Crippen LogP contribution in [0.2, 0.25) is 0 Å². The van der Waals surface area contributed by atoms with Crippen molar-refractivity contribution in [3.63, 3.8) is 0 Å². The molecule has 0 spiro atoms. The molecule has 0 aliphatic heterocycles. The third kappa shape index (κ3) is 2.86. The normalized spacial score (nSPS) is 11.2. The van der Waals surface area contributed by atoms with Crippen molar-refractivity contribution in [2.75, 3.05) is 6.54 Å². The highest BCUT2D eigenvalue weighted by Crippen LogP contribution is 2.20. The largest absolute Gasteiger partial charge is 0.343 e. The SMILES string of the molecule is Cc1ccc(C)c(Cn2ccc3cc(CCN)ccc32)c1. The third-order valence-corrected chi connectivity index (χ3v) is 4.11. The Labute approximate surface area is 126 Å². The smallest absolute Gasteiger partial charge is 0.0483 e. The number of nitrogens with two attached hydrogens (primary N) is 1. The van der Waals surface area contributed by atoms with Crippen LogP contribution in [0.5, 0.6) is 0 Å². The Kier molecular flexibility index (Phi) is 3.80. The summed E-state index contributed by atoms with van der Waals surface area (Å²) in [6.45, 7) is 5.96. The van der Waals surface area contributed by atoms with E-state index in [2.05, 4.69) is 67.1 Å². The zero-order valence-corrected chi connectivity index (χ0v) is 12.8. The van der Waals surface area contributed by atoms with E-state index in [-0.39, 0.29) is 0 Å². The molecule has 2 N–H and O–H groups in total. The highest BCUT2D eigenvalue weighted by molar-refractivity contribution is 5.81. The van der Waals surface area contributed by atoms with Gasteiger partial charge < -0.3 is 10.3 Å². The van der Waals surface area contributed by atoms with E-state index in [9.17, 15) is 0 Å². The number of rotatable bonds is 4. The molecule has 1 aromatic heterocycles. The second-order valence-corrected chi connectivity index (χ2v) is 5.81. The quantitative estimate of drug-likeness (QED) is 0.773. The first-order chi connectivity index (χ1) is 10.2. The summed E-state index contributed by atoms with van der Waals surface area (Å²) in [7, 11) is 0. The standard InChI is InChI=1S/C19H22N2/c1-14-3-4-15(2)18(11-14)13-21-10-8-17-12-16(7-9-20)5-6-19(17)21/h3-6,8,10-12H,7,9,13,20H2,1-2H3. The predicted octanol–water partition coefficient (Wildman–Crippen LogP) is 3.81. The van der Waals surface area contributed by atoms with Gasteiger partial charge in [0.05, 0.1) is 0 Å². The molecule has 0 atom stereocenters. The van der Waals surface area contributed by atoms with Crippen LogP contribution in [0.1, 0.15) is 22.3 Å². The number of nitrogens with zero attached hydrogens (tertiary/aromatic N) is 1. The van der Waals surface area contributed by atoms with Gasteiger partial charge in [0, 0.05) is 18.3 Å². The summed E-state index contributed by atoms with van der Waals surface area (Å²) < 4.78 is 2.32. The van der Waals surface area contributed by atoms with Gasteiger partial charge in [-0.2, -0.15) is 0 Å². The van der Waals surface area contributed by atoms with Crippen LogP contribution in [0, 0.1) is 13.8 Å². The van der Waals surface area contributed by atoms with Gasteiger partial charge in [0.15, 0.2) is 0 Å². The zero-order chi connectivity index (χ0) is 14.8. The highest BCUT2D eigenvalue weighted by Gasteiger charge is 2.05. The van der Waals surface area contributed by atoms with E-state index >= 15 is 0 Å². The van der Waals surface area contributed by atoms with Crippen LogP contribution in [-0.2, 0) is 13.0 Å². The fraction of sp³-hybridized carbons (Fsp3) is 0.263. The molecule has 2 heteroatoms. The van der Waals surface area contributed by atoms with Gasteiger partial charge >= 0.3 is 0 Å². The highest BCUT2D eigenvalue weighted by atomic mass is 14.9. The molecule has 0 bridgehead atoms.